The Hall–Kier alpha value is -3.87. The van der Waals surface area contributed by atoms with Gasteiger partial charge in [0, 0.05) is 60.4 Å². The van der Waals surface area contributed by atoms with Crippen LogP contribution in [0.1, 0.15) is 48.1 Å². The van der Waals surface area contributed by atoms with Gasteiger partial charge in [-0.1, -0.05) is 26.8 Å². The van der Waals surface area contributed by atoms with Crippen molar-refractivity contribution in [3.8, 4) is 5.82 Å². The molecule has 4 aromatic rings. The Morgan fingerprint density at radius 2 is 1.90 bits per heavy atom. The molecule has 1 fully saturated rings. The molecule has 0 unspecified atom stereocenters. The largest absolute Gasteiger partial charge is 0.379 e. The quantitative estimate of drug-likeness (QED) is 0.259. The van der Waals surface area contributed by atoms with Gasteiger partial charge in [-0.2, -0.15) is 9.78 Å². The van der Waals surface area contributed by atoms with Crippen LogP contribution in [0.15, 0.2) is 42.0 Å². The van der Waals surface area contributed by atoms with E-state index >= 15 is 0 Å². The number of ether oxygens (including phenoxy) is 1. The van der Waals surface area contributed by atoms with Crippen molar-refractivity contribution in [1.29, 1.82) is 0 Å². The zero-order valence-corrected chi connectivity index (χ0v) is 25.0. The highest BCUT2D eigenvalue weighted by Crippen LogP contribution is 2.28. The number of aryl methyl sites for hydroxylation is 2. The van der Waals surface area contributed by atoms with Gasteiger partial charge in [-0.05, 0) is 31.5 Å². The van der Waals surface area contributed by atoms with Crippen LogP contribution >= 0.6 is 11.3 Å². The number of morpholine rings is 1. The van der Waals surface area contributed by atoms with E-state index in [1.165, 1.54) is 17.7 Å². The number of amides is 1. The normalized spacial score (nSPS) is 14.2. The average Bonchev–Trinajstić information content (AvgIpc) is 3.57. The number of thiazole rings is 1. The minimum absolute atomic E-state index is 0.0785. The minimum Gasteiger partial charge on any atom is -0.379 e. The van der Waals surface area contributed by atoms with Gasteiger partial charge in [-0.25, -0.2) is 15.0 Å². The summed E-state index contributed by atoms with van der Waals surface area (Å²) in [6.45, 7) is 15.4. The average molecular weight is 576 g/mol. The number of hydrogen-bond donors (Lipinski definition) is 3. The van der Waals surface area contributed by atoms with Crippen molar-refractivity contribution in [2.24, 2.45) is 0 Å². The molecule has 0 spiro atoms. The maximum Gasteiger partial charge on any atom is 0.257 e. The highest BCUT2D eigenvalue weighted by Gasteiger charge is 2.19. The van der Waals surface area contributed by atoms with Crippen LogP contribution in [-0.4, -0.2) is 74.9 Å². The van der Waals surface area contributed by atoms with Crippen LogP contribution in [0.25, 0.3) is 5.82 Å². The summed E-state index contributed by atoms with van der Waals surface area (Å²) < 4.78 is 7.17. The van der Waals surface area contributed by atoms with Gasteiger partial charge < -0.3 is 15.4 Å². The standard InChI is InChI=1S/C29H37N9O2S/c1-19-6-7-21(27(39)35-28-34-23(17-41-28)29(3,4)5)15-22(19)33-26-14-20(2)36-38(26)25-16-24(31-18-32-25)30-8-9-37-10-12-40-13-11-37/h6-7,14-18,33H,8-13H2,1-5H3,(H,30,31,32)(H,34,35,39). The van der Waals surface area contributed by atoms with Crippen LogP contribution in [0.4, 0.5) is 22.5 Å². The van der Waals surface area contributed by atoms with E-state index in [-0.39, 0.29) is 11.3 Å². The number of nitrogens with one attached hydrogen (secondary N) is 3. The van der Waals surface area contributed by atoms with Gasteiger partial charge in [-0.15, -0.1) is 11.3 Å². The van der Waals surface area contributed by atoms with Crippen molar-refractivity contribution in [1.82, 2.24) is 29.6 Å². The summed E-state index contributed by atoms with van der Waals surface area (Å²) in [5.41, 5.74) is 4.02. The van der Waals surface area contributed by atoms with Gasteiger partial charge in [0.05, 0.1) is 24.6 Å². The highest BCUT2D eigenvalue weighted by molar-refractivity contribution is 7.14. The second-order valence-corrected chi connectivity index (χ2v) is 12.0. The van der Waals surface area contributed by atoms with Crippen molar-refractivity contribution >= 4 is 39.7 Å². The van der Waals surface area contributed by atoms with E-state index in [2.05, 4.69) is 61.7 Å². The van der Waals surface area contributed by atoms with Crippen LogP contribution in [-0.2, 0) is 10.2 Å². The molecule has 1 aliphatic heterocycles. The lowest BCUT2D eigenvalue weighted by atomic mass is 9.93. The predicted molar refractivity (Wildman–Crippen MR) is 163 cm³/mol. The fourth-order valence-electron chi connectivity index (χ4n) is 4.37. The Labute approximate surface area is 244 Å². The maximum absolute atomic E-state index is 13.1. The van der Waals surface area contributed by atoms with Crippen LogP contribution in [0.2, 0.25) is 0 Å². The Bertz CT molecular complexity index is 1500. The number of rotatable bonds is 9. The van der Waals surface area contributed by atoms with Gasteiger partial charge in [0.25, 0.3) is 5.91 Å². The van der Waals surface area contributed by atoms with Crippen molar-refractivity contribution in [2.75, 3.05) is 55.3 Å². The molecule has 0 saturated carbocycles. The molecule has 5 rings (SSSR count). The summed E-state index contributed by atoms with van der Waals surface area (Å²) >= 11 is 1.43. The van der Waals surface area contributed by atoms with E-state index in [9.17, 15) is 4.79 Å². The molecule has 216 valence electrons. The number of carbonyl (C=O) groups is 1. The lowest BCUT2D eigenvalue weighted by molar-refractivity contribution is 0.0398. The monoisotopic (exact) mass is 575 g/mol. The molecule has 0 atom stereocenters. The molecular weight excluding hydrogens is 538 g/mol. The lowest BCUT2D eigenvalue weighted by Crippen LogP contribution is -2.39. The first-order valence-electron chi connectivity index (χ1n) is 13.7. The molecule has 1 aliphatic rings. The Morgan fingerprint density at radius 3 is 2.66 bits per heavy atom. The number of hydrogen-bond acceptors (Lipinski definition) is 10. The molecule has 3 N–H and O–H groups in total. The van der Waals surface area contributed by atoms with E-state index < -0.39 is 0 Å². The topological polar surface area (TPSA) is 122 Å². The molecule has 12 heteroatoms. The first kappa shape index (κ1) is 28.7. The van der Waals surface area contributed by atoms with Crippen LogP contribution < -0.4 is 16.0 Å². The smallest absolute Gasteiger partial charge is 0.257 e. The van der Waals surface area contributed by atoms with Gasteiger partial charge in [-0.3, -0.25) is 15.0 Å². The summed E-state index contributed by atoms with van der Waals surface area (Å²) in [5, 5.41) is 17.0. The number of anilines is 4. The number of carbonyl (C=O) groups excluding carboxylic acids is 1. The molecule has 4 heterocycles. The SMILES string of the molecule is Cc1cc(Nc2cc(C(=O)Nc3nc(C(C)(C)C)cs3)ccc2C)n(-c2cc(NCCN3CCOCC3)ncn2)n1. The third-order valence-corrected chi connectivity index (χ3v) is 7.55. The molecule has 0 radical (unpaired) electrons. The minimum atomic E-state index is -0.212. The molecular formula is C29H37N9O2S. The third kappa shape index (κ3) is 7.26. The first-order valence-corrected chi connectivity index (χ1v) is 14.6. The van der Waals surface area contributed by atoms with Crippen LogP contribution in [0.3, 0.4) is 0 Å². The Kier molecular flexibility index (Phi) is 8.62. The van der Waals surface area contributed by atoms with Crippen LogP contribution in [0, 0.1) is 13.8 Å². The van der Waals surface area contributed by atoms with Crippen molar-refractivity contribution < 1.29 is 9.53 Å². The van der Waals surface area contributed by atoms with Crippen molar-refractivity contribution in [2.45, 2.75) is 40.0 Å². The summed E-state index contributed by atoms with van der Waals surface area (Å²) in [7, 11) is 0. The molecule has 1 saturated heterocycles. The fraction of sp³-hybridized carbons (Fsp3) is 0.414. The number of aromatic nitrogens is 5. The second kappa shape index (κ2) is 12.3. The zero-order valence-electron chi connectivity index (χ0n) is 24.2. The van der Waals surface area contributed by atoms with Crippen LogP contribution in [0.5, 0.6) is 0 Å². The molecule has 1 amide bonds. The Balaban J connectivity index is 1.29. The molecule has 0 bridgehead atoms. The van der Waals surface area contributed by atoms with Gasteiger partial charge in [0.2, 0.25) is 0 Å². The predicted octanol–water partition coefficient (Wildman–Crippen LogP) is 4.77. The van der Waals surface area contributed by atoms with Gasteiger partial charge >= 0.3 is 0 Å². The summed E-state index contributed by atoms with van der Waals surface area (Å²) in [5.74, 6) is 1.88. The van der Waals surface area contributed by atoms with E-state index in [1.54, 1.807) is 4.68 Å². The van der Waals surface area contributed by atoms with Crippen molar-refractivity contribution in [3.05, 3.63) is 64.6 Å². The maximum atomic E-state index is 13.1. The van der Waals surface area contributed by atoms with Gasteiger partial charge in [0.1, 0.15) is 18.0 Å². The molecule has 0 aliphatic carbocycles. The molecule has 3 aromatic heterocycles. The summed E-state index contributed by atoms with van der Waals surface area (Å²) in [6.07, 6.45) is 1.53. The van der Waals surface area contributed by atoms with E-state index in [4.69, 9.17) is 4.74 Å². The highest BCUT2D eigenvalue weighted by atomic mass is 32.1. The van der Waals surface area contributed by atoms with E-state index in [1.807, 2.05) is 49.6 Å². The molecule has 41 heavy (non-hydrogen) atoms. The van der Waals surface area contributed by atoms with E-state index in [0.29, 0.717) is 16.5 Å². The summed E-state index contributed by atoms with van der Waals surface area (Å²) in [6, 6.07) is 9.41. The third-order valence-electron chi connectivity index (χ3n) is 6.79. The number of nitrogens with zero attached hydrogens (tertiary/aromatic N) is 6. The first-order chi connectivity index (χ1) is 19.7. The van der Waals surface area contributed by atoms with Crippen molar-refractivity contribution in [3.63, 3.8) is 0 Å². The van der Waals surface area contributed by atoms with E-state index in [0.717, 1.165) is 73.7 Å². The molecule has 1 aromatic carbocycles. The summed E-state index contributed by atoms with van der Waals surface area (Å²) in [4.78, 5) is 28.9. The second-order valence-electron chi connectivity index (χ2n) is 11.1. The lowest BCUT2D eigenvalue weighted by Gasteiger charge is -2.26. The Morgan fingerprint density at radius 1 is 1.10 bits per heavy atom. The zero-order chi connectivity index (χ0) is 29.0. The molecule has 11 nitrogen and oxygen atoms in total. The number of benzene rings is 1. The fourth-order valence-corrected chi connectivity index (χ4v) is 5.30. The van der Waals surface area contributed by atoms with Gasteiger partial charge in [0.15, 0.2) is 10.9 Å².